The van der Waals surface area contributed by atoms with Crippen molar-refractivity contribution in [3.8, 4) is 0 Å². The van der Waals surface area contributed by atoms with Gasteiger partial charge in [0, 0.05) is 30.8 Å². The van der Waals surface area contributed by atoms with Crippen molar-refractivity contribution in [3.63, 3.8) is 0 Å². The first-order chi connectivity index (χ1) is 11.3. The summed E-state index contributed by atoms with van der Waals surface area (Å²) in [5, 5.41) is 16.2. The van der Waals surface area contributed by atoms with Crippen LogP contribution in [0.25, 0.3) is 0 Å². The highest BCUT2D eigenvalue weighted by Crippen LogP contribution is 2.29. The second-order valence-corrected chi connectivity index (χ2v) is 7.66. The number of non-ortho nitro benzene ring substituents is 1. The molecule has 0 saturated carbocycles. The van der Waals surface area contributed by atoms with Gasteiger partial charge < -0.3 is 10.1 Å². The Morgan fingerprint density at radius 1 is 1.38 bits per heavy atom. The molecule has 132 valence electrons. The van der Waals surface area contributed by atoms with Crippen molar-refractivity contribution < 1.29 is 14.5 Å². The van der Waals surface area contributed by atoms with E-state index in [0.29, 0.717) is 13.2 Å². The second-order valence-electron chi connectivity index (χ2n) is 5.30. The SMILES string of the molecule is O=C(N[C@@H](NC[C@@H]1CCCO1)C(Cl)(Cl)Cl)c1ccc([N+](=O)[O-])cc1. The number of nitro groups is 1. The van der Waals surface area contributed by atoms with Gasteiger partial charge in [0.05, 0.1) is 11.0 Å². The third-order valence-corrected chi connectivity index (χ3v) is 4.17. The fourth-order valence-electron chi connectivity index (χ4n) is 2.25. The molecule has 2 N–H and O–H groups in total. The maximum Gasteiger partial charge on any atom is 0.269 e. The highest BCUT2D eigenvalue weighted by atomic mass is 35.6. The molecule has 1 aromatic rings. The molecular weight excluding hydrogens is 381 g/mol. The van der Waals surface area contributed by atoms with Gasteiger partial charge in [-0.2, -0.15) is 0 Å². The van der Waals surface area contributed by atoms with Crippen LogP contribution in [0.1, 0.15) is 23.2 Å². The van der Waals surface area contributed by atoms with Crippen LogP contribution in [0.2, 0.25) is 0 Å². The van der Waals surface area contributed by atoms with Gasteiger partial charge in [0.1, 0.15) is 6.17 Å². The van der Waals surface area contributed by atoms with Crippen molar-refractivity contribution >= 4 is 46.4 Å². The number of benzene rings is 1. The summed E-state index contributed by atoms with van der Waals surface area (Å²) in [6, 6.07) is 5.14. The van der Waals surface area contributed by atoms with Gasteiger partial charge in [-0.15, -0.1) is 0 Å². The number of halogens is 3. The lowest BCUT2D eigenvalue weighted by Crippen LogP contribution is -2.54. The summed E-state index contributed by atoms with van der Waals surface area (Å²) in [4.78, 5) is 22.3. The molecule has 0 aliphatic carbocycles. The number of amides is 1. The molecule has 2 atom stereocenters. The van der Waals surface area contributed by atoms with Gasteiger partial charge in [-0.05, 0) is 25.0 Å². The summed E-state index contributed by atoms with van der Waals surface area (Å²) in [5.74, 6) is -0.513. The minimum Gasteiger partial charge on any atom is -0.377 e. The summed E-state index contributed by atoms with van der Waals surface area (Å²) in [5.41, 5.74) is 0.111. The normalized spacial score (nSPS) is 19.0. The van der Waals surface area contributed by atoms with Crippen molar-refractivity contribution in [1.29, 1.82) is 0 Å². The average Bonchev–Trinajstić information content (AvgIpc) is 3.03. The van der Waals surface area contributed by atoms with Gasteiger partial charge >= 0.3 is 0 Å². The van der Waals surface area contributed by atoms with Crippen molar-refractivity contribution in [3.05, 3.63) is 39.9 Å². The molecule has 1 aliphatic heterocycles. The van der Waals surface area contributed by atoms with Gasteiger partial charge in [-0.25, -0.2) is 0 Å². The first-order valence-corrected chi connectivity index (χ1v) is 8.38. The number of rotatable bonds is 6. The maximum atomic E-state index is 12.3. The maximum absolute atomic E-state index is 12.3. The number of alkyl halides is 3. The minimum absolute atomic E-state index is 0.0103. The van der Waals surface area contributed by atoms with E-state index in [9.17, 15) is 14.9 Å². The number of carbonyl (C=O) groups excluding carboxylic acids is 1. The summed E-state index contributed by atoms with van der Waals surface area (Å²) in [7, 11) is 0. The Labute approximate surface area is 153 Å². The van der Waals surface area contributed by atoms with Crippen molar-refractivity contribution in [1.82, 2.24) is 10.6 Å². The van der Waals surface area contributed by atoms with Crippen LogP contribution in [0.5, 0.6) is 0 Å². The molecule has 1 amide bonds. The van der Waals surface area contributed by atoms with E-state index >= 15 is 0 Å². The topological polar surface area (TPSA) is 93.5 Å². The van der Waals surface area contributed by atoms with Gasteiger partial charge in [-0.3, -0.25) is 20.2 Å². The molecule has 0 aromatic heterocycles. The summed E-state index contributed by atoms with van der Waals surface area (Å²) in [6.45, 7) is 1.12. The van der Waals surface area contributed by atoms with E-state index in [-0.39, 0.29) is 17.4 Å². The lowest BCUT2D eigenvalue weighted by Gasteiger charge is -2.27. The van der Waals surface area contributed by atoms with E-state index in [1.54, 1.807) is 0 Å². The third-order valence-electron chi connectivity index (χ3n) is 3.52. The Balaban J connectivity index is 1.99. The van der Waals surface area contributed by atoms with E-state index in [1.807, 2.05) is 0 Å². The molecule has 1 aromatic carbocycles. The Hall–Kier alpha value is -1.12. The average molecular weight is 397 g/mol. The molecule has 2 rings (SSSR count). The van der Waals surface area contributed by atoms with Crippen LogP contribution in [0, 0.1) is 10.1 Å². The first-order valence-electron chi connectivity index (χ1n) is 7.24. The molecule has 1 saturated heterocycles. The Bertz CT molecular complexity index is 586. The number of nitrogens with zero attached hydrogens (tertiary/aromatic N) is 1. The predicted octanol–water partition coefficient (Wildman–Crippen LogP) is 2.79. The molecule has 24 heavy (non-hydrogen) atoms. The van der Waals surface area contributed by atoms with E-state index in [1.165, 1.54) is 24.3 Å². The van der Waals surface area contributed by atoms with Crippen LogP contribution in [0.15, 0.2) is 24.3 Å². The third kappa shape index (κ3) is 5.46. The molecule has 1 aliphatic rings. The van der Waals surface area contributed by atoms with Crippen LogP contribution in [-0.4, -0.2) is 40.0 Å². The Morgan fingerprint density at radius 2 is 2.04 bits per heavy atom. The van der Waals surface area contributed by atoms with Crippen LogP contribution < -0.4 is 10.6 Å². The summed E-state index contributed by atoms with van der Waals surface area (Å²) >= 11 is 17.7. The van der Waals surface area contributed by atoms with E-state index in [2.05, 4.69) is 10.6 Å². The van der Waals surface area contributed by atoms with E-state index in [4.69, 9.17) is 39.5 Å². The number of hydrogen-bond donors (Lipinski definition) is 2. The molecule has 1 heterocycles. The largest absolute Gasteiger partial charge is 0.377 e. The molecule has 0 bridgehead atoms. The Kier molecular flexibility index (Phi) is 6.65. The minimum atomic E-state index is -1.77. The smallest absolute Gasteiger partial charge is 0.269 e. The molecule has 0 spiro atoms. The molecule has 7 nitrogen and oxygen atoms in total. The monoisotopic (exact) mass is 395 g/mol. The molecule has 10 heteroatoms. The molecule has 0 radical (unpaired) electrons. The van der Waals surface area contributed by atoms with Crippen molar-refractivity contribution in [2.45, 2.75) is 28.9 Å². The van der Waals surface area contributed by atoms with Crippen molar-refractivity contribution in [2.24, 2.45) is 0 Å². The molecular formula is C14H16Cl3N3O4. The number of hydrogen-bond acceptors (Lipinski definition) is 5. The standard InChI is InChI=1S/C14H16Cl3N3O4/c15-14(16,17)13(18-8-11-2-1-7-24-11)19-12(21)9-3-5-10(6-4-9)20(22)23/h3-6,11,13,18H,1-2,7-8H2,(H,19,21)/t11-,13+/m0/s1. The van der Waals surface area contributed by atoms with Gasteiger partial charge in [0.2, 0.25) is 3.79 Å². The summed E-state index contributed by atoms with van der Waals surface area (Å²) in [6.07, 6.45) is 0.945. The Morgan fingerprint density at radius 3 is 2.54 bits per heavy atom. The highest BCUT2D eigenvalue weighted by molar-refractivity contribution is 6.68. The number of nitro benzene ring substituents is 1. The van der Waals surface area contributed by atoms with Crippen molar-refractivity contribution in [2.75, 3.05) is 13.2 Å². The number of carbonyl (C=O) groups is 1. The lowest BCUT2D eigenvalue weighted by molar-refractivity contribution is -0.384. The fourth-order valence-corrected chi connectivity index (χ4v) is 2.65. The molecule has 0 unspecified atom stereocenters. The zero-order chi connectivity index (χ0) is 17.7. The number of ether oxygens (including phenoxy) is 1. The predicted molar refractivity (Wildman–Crippen MR) is 91.6 cm³/mol. The quantitative estimate of drug-likeness (QED) is 0.334. The lowest BCUT2D eigenvalue weighted by atomic mass is 10.2. The fraction of sp³-hybridized carbons (Fsp3) is 0.500. The highest BCUT2D eigenvalue weighted by Gasteiger charge is 2.34. The first kappa shape index (κ1) is 19.2. The van der Waals surface area contributed by atoms with Crippen LogP contribution in [-0.2, 0) is 4.74 Å². The van der Waals surface area contributed by atoms with Gasteiger partial charge in [0.15, 0.2) is 0 Å². The second kappa shape index (κ2) is 8.31. The zero-order valence-electron chi connectivity index (χ0n) is 12.5. The number of nitrogens with one attached hydrogen (secondary N) is 2. The zero-order valence-corrected chi connectivity index (χ0v) is 14.8. The van der Waals surface area contributed by atoms with E-state index in [0.717, 1.165) is 12.8 Å². The van der Waals surface area contributed by atoms with Crippen LogP contribution in [0.4, 0.5) is 5.69 Å². The summed E-state index contributed by atoms with van der Waals surface area (Å²) < 4.78 is 3.70. The van der Waals surface area contributed by atoms with Crippen LogP contribution in [0.3, 0.4) is 0 Å². The molecule has 1 fully saturated rings. The van der Waals surface area contributed by atoms with Gasteiger partial charge in [0.25, 0.3) is 11.6 Å². The van der Waals surface area contributed by atoms with Crippen LogP contribution >= 0.6 is 34.8 Å². The van der Waals surface area contributed by atoms with Gasteiger partial charge in [-0.1, -0.05) is 34.8 Å². The van der Waals surface area contributed by atoms with E-state index < -0.39 is 20.8 Å².